The smallest absolute Gasteiger partial charge is 0.262 e. The van der Waals surface area contributed by atoms with Crippen molar-refractivity contribution < 1.29 is 28.3 Å². The second-order valence-corrected chi connectivity index (χ2v) is 17.8. The molecule has 1 saturated carbocycles. The molecule has 15 nitrogen and oxygen atoms in total. The van der Waals surface area contributed by atoms with Gasteiger partial charge in [-0.2, -0.15) is 5.10 Å². The number of nitrogens with one attached hydrogen (secondary N) is 2. The summed E-state index contributed by atoms with van der Waals surface area (Å²) in [7, 11) is 0. The summed E-state index contributed by atoms with van der Waals surface area (Å²) in [6.07, 6.45) is 5.81. The zero-order chi connectivity index (χ0) is 40.6. The molecule has 5 aliphatic heterocycles. The lowest BCUT2D eigenvalue weighted by Crippen LogP contribution is -2.66. The molecule has 5 fully saturated rings. The second-order valence-electron chi connectivity index (χ2n) is 17.8. The van der Waals surface area contributed by atoms with Crippen LogP contribution in [0.2, 0.25) is 0 Å². The fourth-order valence-electron chi connectivity index (χ4n) is 9.65. The number of rotatable bonds is 10. The fraction of sp³-hybridized carbons (Fsp3) is 0.512. The number of H-pyrrole nitrogens is 1. The first-order valence-corrected chi connectivity index (χ1v) is 20.9. The van der Waals surface area contributed by atoms with Gasteiger partial charge in [0.15, 0.2) is 0 Å². The van der Waals surface area contributed by atoms with E-state index >= 15 is 4.39 Å². The molecule has 0 spiro atoms. The van der Waals surface area contributed by atoms with Crippen LogP contribution in [0.3, 0.4) is 0 Å². The molecular weight excluding hydrogens is 756 g/mol. The van der Waals surface area contributed by atoms with E-state index < -0.39 is 35.3 Å². The van der Waals surface area contributed by atoms with Crippen LogP contribution >= 0.6 is 0 Å². The normalized spacial score (nSPS) is 24.7. The molecular formula is C43H49FN10O5. The van der Waals surface area contributed by atoms with E-state index in [1.54, 1.807) is 18.5 Å². The number of aromatic amines is 1. The summed E-state index contributed by atoms with van der Waals surface area (Å²) in [5.74, 6) is 0.0991. The maximum absolute atomic E-state index is 16.1. The number of ether oxygens (including phenoxy) is 1. The molecule has 308 valence electrons. The topological polar surface area (TPSA) is 160 Å². The molecule has 0 bridgehead atoms. The van der Waals surface area contributed by atoms with Gasteiger partial charge in [-0.3, -0.25) is 44.3 Å². The van der Waals surface area contributed by atoms with Crippen LogP contribution in [-0.2, 0) is 9.59 Å². The lowest BCUT2D eigenvalue weighted by Gasteiger charge is -2.50. The molecule has 7 heterocycles. The third-order valence-corrected chi connectivity index (χ3v) is 13.3. The predicted octanol–water partition coefficient (Wildman–Crippen LogP) is 3.80. The average molecular weight is 805 g/mol. The Morgan fingerprint density at radius 2 is 1.69 bits per heavy atom. The fourth-order valence-corrected chi connectivity index (χ4v) is 9.65. The summed E-state index contributed by atoms with van der Waals surface area (Å²) in [6.45, 7) is 10.2. The predicted molar refractivity (Wildman–Crippen MR) is 217 cm³/mol. The molecule has 2 aromatic heterocycles. The van der Waals surface area contributed by atoms with Crippen molar-refractivity contribution in [1.29, 1.82) is 0 Å². The van der Waals surface area contributed by atoms with Crippen molar-refractivity contribution in [2.24, 2.45) is 5.92 Å². The summed E-state index contributed by atoms with van der Waals surface area (Å²) in [5.41, 5.74) is 2.55. The van der Waals surface area contributed by atoms with Crippen LogP contribution in [0.25, 0.3) is 22.3 Å². The van der Waals surface area contributed by atoms with Crippen molar-refractivity contribution in [3.05, 3.63) is 59.9 Å². The Morgan fingerprint density at radius 1 is 0.898 bits per heavy atom. The van der Waals surface area contributed by atoms with Crippen molar-refractivity contribution in [3.63, 3.8) is 0 Å². The van der Waals surface area contributed by atoms with E-state index in [-0.39, 0.29) is 30.0 Å². The lowest BCUT2D eigenvalue weighted by molar-refractivity contribution is -0.136. The van der Waals surface area contributed by atoms with Gasteiger partial charge in [-0.15, -0.1) is 0 Å². The first-order chi connectivity index (χ1) is 28.4. The first-order valence-electron chi connectivity index (χ1n) is 20.9. The van der Waals surface area contributed by atoms with Crippen LogP contribution < -0.4 is 19.9 Å². The van der Waals surface area contributed by atoms with Crippen molar-refractivity contribution in [3.8, 4) is 17.1 Å². The Labute approximate surface area is 341 Å². The Bertz CT molecular complexity index is 2350. The monoisotopic (exact) mass is 804 g/mol. The molecule has 4 aromatic rings. The summed E-state index contributed by atoms with van der Waals surface area (Å²) < 4.78 is 22.4. The zero-order valence-electron chi connectivity index (χ0n) is 33.5. The van der Waals surface area contributed by atoms with E-state index in [0.717, 1.165) is 109 Å². The number of imide groups is 2. The van der Waals surface area contributed by atoms with E-state index in [0.29, 0.717) is 31.1 Å². The van der Waals surface area contributed by atoms with Gasteiger partial charge in [-0.05, 0) is 88.3 Å². The van der Waals surface area contributed by atoms with Crippen molar-refractivity contribution in [2.75, 3.05) is 68.7 Å². The minimum atomic E-state index is -1.24. The number of carbonyl (C=O) groups excluding carboxylic acids is 4. The SMILES string of the molecule is C[C@H]1CN(c2cc(-c3n[nH]c4ccc(OC5(C)CC5)cc34)ncn2)CCN1CC1(F)CN(CC2CCN(c3ccc4c(c3)C(=O)N(C3CCC(=O)NC3=O)C4=O)CC2)C1. The van der Waals surface area contributed by atoms with Crippen molar-refractivity contribution in [1.82, 2.24) is 40.2 Å². The van der Waals surface area contributed by atoms with Crippen LogP contribution in [0.4, 0.5) is 15.9 Å². The van der Waals surface area contributed by atoms with Gasteiger partial charge in [0.05, 0.1) is 22.3 Å². The number of piperazine rings is 1. The first kappa shape index (κ1) is 37.8. The molecule has 16 heteroatoms. The molecule has 2 aromatic carbocycles. The van der Waals surface area contributed by atoms with Crippen LogP contribution in [0.15, 0.2) is 48.8 Å². The van der Waals surface area contributed by atoms with Gasteiger partial charge < -0.3 is 14.5 Å². The second kappa shape index (κ2) is 14.4. The summed E-state index contributed by atoms with van der Waals surface area (Å²) in [6, 6.07) is 12.4. The van der Waals surface area contributed by atoms with E-state index in [1.165, 1.54) is 0 Å². The van der Waals surface area contributed by atoms with Gasteiger partial charge in [0.2, 0.25) is 11.8 Å². The van der Waals surface area contributed by atoms with E-state index in [2.05, 4.69) is 58.9 Å². The molecule has 0 radical (unpaired) electrons. The highest BCUT2D eigenvalue weighted by molar-refractivity contribution is 6.23. The highest BCUT2D eigenvalue weighted by Gasteiger charge is 2.47. The number of likely N-dealkylation sites (tertiary alicyclic amines) is 1. The minimum Gasteiger partial charge on any atom is -0.488 e. The van der Waals surface area contributed by atoms with E-state index in [1.807, 2.05) is 30.3 Å². The molecule has 1 unspecified atom stereocenters. The quantitative estimate of drug-likeness (QED) is 0.224. The number of anilines is 2. The van der Waals surface area contributed by atoms with Crippen LogP contribution in [0, 0.1) is 5.92 Å². The van der Waals surface area contributed by atoms with Gasteiger partial charge >= 0.3 is 0 Å². The third kappa shape index (κ3) is 7.19. The number of fused-ring (bicyclic) bond motifs is 2. The summed E-state index contributed by atoms with van der Waals surface area (Å²) >= 11 is 0. The van der Waals surface area contributed by atoms with Crippen LogP contribution in [0.5, 0.6) is 5.75 Å². The Balaban J connectivity index is 0.695. The summed E-state index contributed by atoms with van der Waals surface area (Å²) in [5, 5.41) is 10.9. The Morgan fingerprint density at radius 3 is 2.46 bits per heavy atom. The molecule has 1 aliphatic carbocycles. The van der Waals surface area contributed by atoms with Gasteiger partial charge in [0, 0.05) is 88.5 Å². The largest absolute Gasteiger partial charge is 0.488 e. The molecule has 6 aliphatic rings. The minimum absolute atomic E-state index is 0.0738. The zero-order valence-corrected chi connectivity index (χ0v) is 33.5. The van der Waals surface area contributed by atoms with Crippen molar-refractivity contribution >= 4 is 46.0 Å². The van der Waals surface area contributed by atoms with Gasteiger partial charge in [-0.1, -0.05) is 0 Å². The van der Waals surface area contributed by atoms with Crippen LogP contribution in [0.1, 0.15) is 73.1 Å². The number of benzene rings is 2. The number of amides is 4. The van der Waals surface area contributed by atoms with Crippen molar-refractivity contribution in [2.45, 2.75) is 75.7 Å². The number of alkyl halides is 1. The molecule has 4 amide bonds. The maximum atomic E-state index is 16.1. The number of hydrogen-bond donors (Lipinski definition) is 2. The molecule has 4 saturated heterocycles. The average Bonchev–Trinajstić information content (AvgIpc) is 3.70. The number of aromatic nitrogens is 4. The number of hydrogen-bond acceptors (Lipinski definition) is 12. The van der Waals surface area contributed by atoms with E-state index in [4.69, 9.17) is 4.74 Å². The Hall–Kier alpha value is -5.48. The third-order valence-electron chi connectivity index (χ3n) is 13.3. The van der Waals surface area contributed by atoms with Gasteiger partial charge in [-0.25, -0.2) is 14.4 Å². The molecule has 2 atom stereocenters. The Kier molecular flexibility index (Phi) is 9.19. The number of nitrogens with zero attached hydrogens (tertiary/aromatic N) is 8. The highest BCUT2D eigenvalue weighted by atomic mass is 19.1. The van der Waals surface area contributed by atoms with Gasteiger partial charge in [0.1, 0.15) is 40.9 Å². The molecule has 59 heavy (non-hydrogen) atoms. The van der Waals surface area contributed by atoms with Crippen LogP contribution in [-0.4, -0.2) is 141 Å². The number of piperidine rings is 2. The summed E-state index contributed by atoms with van der Waals surface area (Å²) in [4.78, 5) is 69.7. The molecule has 2 N–H and O–H groups in total. The molecule has 10 rings (SSSR count). The highest BCUT2D eigenvalue weighted by Crippen LogP contribution is 2.41. The standard InChI is InChI=1S/C43H49FN10O5/c1-26-20-52(36-19-34(45-25-46-36)38-32-18-29(59-42(2)11-12-42)4-6-33(32)48-49-38)15-16-53(26)24-43(44)22-50(23-43)21-27-9-13-51(14-10-27)28-3-5-30-31(17-28)41(58)54(40(30)57)35-7-8-37(55)47-39(35)56/h3-6,17-19,25-27,35H,7-16,20-24H2,1-2H3,(H,48,49)(H,47,55,56)/t26-,35?/m0/s1. The lowest BCUT2D eigenvalue weighted by atomic mass is 9.90. The maximum Gasteiger partial charge on any atom is 0.262 e. The number of halogens is 1. The number of carbonyl (C=O) groups is 4. The van der Waals surface area contributed by atoms with E-state index in [9.17, 15) is 19.2 Å². The van der Waals surface area contributed by atoms with Gasteiger partial charge in [0.25, 0.3) is 11.8 Å².